The molecule has 3 nitrogen and oxygen atoms in total. The highest BCUT2D eigenvalue weighted by molar-refractivity contribution is 9.10. The summed E-state index contributed by atoms with van der Waals surface area (Å²) in [7, 11) is 0. The number of nitriles is 1. The molecule has 5 heteroatoms. The van der Waals surface area contributed by atoms with Crippen molar-refractivity contribution in [2.45, 2.75) is 0 Å². The summed E-state index contributed by atoms with van der Waals surface area (Å²) in [5, 5.41) is 11.9. The molecule has 84 valence electrons. The van der Waals surface area contributed by atoms with Crippen LogP contribution in [0, 0.1) is 17.1 Å². The maximum Gasteiger partial charge on any atom is 0.148 e. The van der Waals surface area contributed by atoms with Crippen molar-refractivity contribution in [1.82, 2.24) is 4.98 Å². The Morgan fingerprint density at radius 3 is 2.88 bits per heavy atom. The third-order valence-electron chi connectivity index (χ3n) is 2.11. The fourth-order valence-corrected chi connectivity index (χ4v) is 1.76. The molecular formula is C12H7BrFN3. The average molecular weight is 292 g/mol. The lowest BCUT2D eigenvalue weighted by Gasteiger charge is -2.08. The third kappa shape index (κ3) is 2.60. The molecule has 1 N–H and O–H groups in total. The van der Waals surface area contributed by atoms with Gasteiger partial charge in [-0.05, 0) is 46.3 Å². The molecule has 0 aliphatic carbocycles. The van der Waals surface area contributed by atoms with E-state index in [2.05, 4.69) is 26.2 Å². The van der Waals surface area contributed by atoms with Gasteiger partial charge < -0.3 is 5.32 Å². The first-order valence-electron chi connectivity index (χ1n) is 4.78. The number of hydrogen-bond acceptors (Lipinski definition) is 3. The van der Waals surface area contributed by atoms with Gasteiger partial charge in [0.2, 0.25) is 0 Å². The van der Waals surface area contributed by atoms with E-state index < -0.39 is 0 Å². The molecule has 0 aliphatic heterocycles. The highest BCUT2D eigenvalue weighted by atomic mass is 79.9. The zero-order chi connectivity index (χ0) is 12.3. The van der Waals surface area contributed by atoms with Gasteiger partial charge in [-0.3, -0.25) is 0 Å². The van der Waals surface area contributed by atoms with Gasteiger partial charge in [0.25, 0.3) is 0 Å². The van der Waals surface area contributed by atoms with Crippen LogP contribution in [-0.4, -0.2) is 4.98 Å². The van der Waals surface area contributed by atoms with Crippen LogP contribution in [0.15, 0.2) is 41.0 Å². The van der Waals surface area contributed by atoms with E-state index in [1.54, 1.807) is 24.4 Å². The maximum absolute atomic E-state index is 12.9. The van der Waals surface area contributed by atoms with Crippen molar-refractivity contribution in [1.29, 1.82) is 5.26 Å². The van der Waals surface area contributed by atoms with Crippen LogP contribution in [-0.2, 0) is 0 Å². The van der Waals surface area contributed by atoms with Crippen molar-refractivity contribution in [3.05, 3.63) is 52.4 Å². The molecule has 1 aromatic heterocycles. The van der Waals surface area contributed by atoms with Gasteiger partial charge in [-0.15, -0.1) is 0 Å². The van der Waals surface area contributed by atoms with E-state index >= 15 is 0 Å². The van der Waals surface area contributed by atoms with Crippen LogP contribution in [0.1, 0.15) is 5.56 Å². The zero-order valence-electron chi connectivity index (χ0n) is 8.61. The average Bonchev–Trinajstić information content (AvgIpc) is 2.33. The van der Waals surface area contributed by atoms with Gasteiger partial charge in [-0.2, -0.15) is 5.26 Å². The summed E-state index contributed by atoms with van der Waals surface area (Å²) >= 11 is 3.24. The van der Waals surface area contributed by atoms with Gasteiger partial charge in [0.15, 0.2) is 0 Å². The molecule has 0 saturated heterocycles. The second kappa shape index (κ2) is 4.93. The van der Waals surface area contributed by atoms with E-state index in [4.69, 9.17) is 5.26 Å². The lowest BCUT2D eigenvalue weighted by Crippen LogP contribution is -1.97. The number of anilines is 2. The molecule has 2 aromatic rings. The summed E-state index contributed by atoms with van der Waals surface area (Å²) in [5.41, 5.74) is 1.09. The lowest BCUT2D eigenvalue weighted by molar-refractivity contribution is 0.627. The standard InChI is InChI=1S/C12H7BrFN3/c13-10-6-9(14)3-4-11(10)17-12-8(7-15)2-1-5-16-12/h1-6H,(H,16,17). The molecule has 0 fully saturated rings. The minimum Gasteiger partial charge on any atom is -0.338 e. The van der Waals surface area contributed by atoms with Gasteiger partial charge >= 0.3 is 0 Å². The molecular weight excluding hydrogens is 285 g/mol. The first-order chi connectivity index (χ1) is 8.20. The van der Waals surface area contributed by atoms with Gasteiger partial charge in [0.05, 0.1) is 11.3 Å². The summed E-state index contributed by atoms with van der Waals surface area (Å²) < 4.78 is 13.5. The second-order valence-corrected chi connectivity index (χ2v) is 4.11. The Hall–Kier alpha value is -1.93. The first kappa shape index (κ1) is 11.6. The molecule has 0 amide bonds. The van der Waals surface area contributed by atoms with Crippen LogP contribution < -0.4 is 5.32 Å². The minimum absolute atomic E-state index is 0.330. The normalized spacial score (nSPS) is 9.71. The van der Waals surface area contributed by atoms with E-state index in [-0.39, 0.29) is 5.82 Å². The molecule has 0 radical (unpaired) electrons. The van der Waals surface area contributed by atoms with Crippen LogP contribution in [0.25, 0.3) is 0 Å². The molecule has 0 unspecified atom stereocenters. The molecule has 0 aliphatic rings. The number of benzene rings is 1. The summed E-state index contributed by atoms with van der Waals surface area (Å²) in [6, 6.07) is 9.63. The number of aromatic nitrogens is 1. The second-order valence-electron chi connectivity index (χ2n) is 3.26. The van der Waals surface area contributed by atoms with Crippen molar-refractivity contribution in [2.24, 2.45) is 0 Å². The number of pyridine rings is 1. The predicted molar refractivity (Wildman–Crippen MR) is 66.3 cm³/mol. The topological polar surface area (TPSA) is 48.7 Å². The molecule has 17 heavy (non-hydrogen) atoms. The molecule has 1 aromatic carbocycles. The smallest absolute Gasteiger partial charge is 0.148 e. The quantitative estimate of drug-likeness (QED) is 0.920. The lowest BCUT2D eigenvalue weighted by atomic mass is 10.2. The van der Waals surface area contributed by atoms with E-state index in [0.717, 1.165) is 0 Å². The Labute approximate surface area is 106 Å². The van der Waals surface area contributed by atoms with Crippen LogP contribution in [0.4, 0.5) is 15.9 Å². The predicted octanol–water partition coefficient (Wildman–Crippen LogP) is 3.60. The number of rotatable bonds is 2. The van der Waals surface area contributed by atoms with Gasteiger partial charge in [0.1, 0.15) is 17.7 Å². The van der Waals surface area contributed by atoms with Crippen LogP contribution in [0.3, 0.4) is 0 Å². The van der Waals surface area contributed by atoms with Crippen molar-refractivity contribution >= 4 is 27.4 Å². The van der Waals surface area contributed by atoms with Crippen LogP contribution in [0.5, 0.6) is 0 Å². The molecule has 0 spiro atoms. The molecule has 0 bridgehead atoms. The minimum atomic E-state index is -0.330. The largest absolute Gasteiger partial charge is 0.338 e. The highest BCUT2D eigenvalue weighted by Gasteiger charge is 2.06. The van der Waals surface area contributed by atoms with Crippen LogP contribution >= 0.6 is 15.9 Å². The number of nitrogens with one attached hydrogen (secondary N) is 1. The van der Waals surface area contributed by atoms with Crippen molar-refractivity contribution in [3.8, 4) is 6.07 Å². The fraction of sp³-hybridized carbons (Fsp3) is 0. The van der Waals surface area contributed by atoms with Gasteiger partial charge in [-0.25, -0.2) is 9.37 Å². The van der Waals surface area contributed by atoms with E-state index in [1.165, 1.54) is 12.1 Å². The molecule has 1 heterocycles. The van der Waals surface area contributed by atoms with E-state index in [0.29, 0.717) is 21.5 Å². The zero-order valence-corrected chi connectivity index (χ0v) is 10.2. The summed E-state index contributed by atoms with van der Waals surface area (Å²) in [6.45, 7) is 0. The Bertz CT molecular complexity index is 593. The number of hydrogen-bond donors (Lipinski definition) is 1. The van der Waals surface area contributed by atoms with Crippen molar-refractivity contribution < 1.29 is 4.39 Å². The Kier molecular flexibility index (Phi) is 3.35. The van der Waals surface area contributed by atoms with Gasteiger partial charge in [-0.1, -0.05) is 0 Å². The number of nitrogens with zero attached hydrogens (tertiary/aromatic N) is 2. The van der Waals surface area contributed by atoms with Crippen LogP contribution in [0.2, 0.25) is 0 Å². The number of halogens is 2. The summed E-state index contributed by atoms with van der Waals surface area (Å²) in [6.07, 6.45) is 1.58. The molecule has 2 rings (SSSR count). The maximum atomic E-state index is 12.9. The summed E-state index contributed by atoms with van der Waals surface area (Å²) in [4.78, 5) is 4.06. The highest BCUT2D eigenvalue weighted by Crippen LogP contribution is 2.26. The Morgan fingerprint density at radius 2 is 2.18 bits per heavy atom. The Balaban J connectivity index is 2.35. The van der Waals surface area contributed by atoms with E-state index in [1.807, 2.05) is 6.07 Å². The third-order valence-corrected chi connectivity index (χ3v) is 2.77. The van der Waals surface area contributed by atoms with Crippen molar-refractivity contribution in [3.63, 3.8) is 0 Å². The fourth-order valence-electron chi connectivity index (χ4n) is 1.31. The Morgan fingerprint density at radius 1 is 1.35 bits per heavy atom. The van der Waals surface area contributed by atoms with Crippen molar-refractivity contribution in [2.75, 3.05) is 5.32 Å². The molecule has 0 atom stereocenters. The van der Waals surface area contributed by atoms with Gasteiger partial charge in [0, 0.05) is 10.7 Å². The SMILES string of the molecule is N#Cc1cccnc1Nc1ccc(F)cc1Br. The molecule has 0 saturated carbocycles. The monoisotopic (exact) mass is 291 g/mol. The first-order valence-corrected chi connectivity index (χ1v) is 5.57. The van der Waals surface area contributed by atoms with E-state index in [9.17, 15) is 4.39 Å². The summed E-state index contributed by atoms with van der Waals surface area (Å²) in [5.74, 6) is 0.117.